The summed E-state index contributed by atoms with van der Waals surface area (Å²) in [5.41, 5.74) is 1.22. The third-order valence-electron chi connectivity index (χ3n) is 5.72. The Bertz CT molecular complexity index is 661. The maximum atomic E-state index is 13.2. The highest BCUT2D eigenvalue weighted by Crippen LogP contribution is 2.44. The molecule has 1 aliphatic heterocycles. The molecule has 1 amide bonds. The van der Waals surface area contributed by atoms with Gasteiger partial charge in [-0.1, -0.05) is 18.6 Å². The van der Waals surface area contributed by atoms with Gasteiger partial charge in [0.25, 0.3) is 0 Å². The van der Waals surface area contributed by atoms with Gasteiger partial charge in [-0.05, 0) is 50.3 Å². The fraction of sp³-hybridized carbons (Fsp3) is 0.619. The molecule has 1 aromatic carbocycles. The molecule has 2 fully saturated rings. The van der Waals surface area contributed by atoms with Gasteiger partial charge in [-0.3, -0.25) is 9.79 Å². The monoisotopic (exact) mass is 502 g/mol. The molecule has 1 heterocycles. The van der Waals surface area contributed by atoms with Crippen LogP contribution in [0.15, 0.2) is 29.3 Å². The minimum atomic E-state index is -0.191. The van der Waals surface area contributed by atoms with Gasteiger partial charge < -0.3 is 15.5 Å². The predicted molar refractivity (Wildman–Crippen MR) is 122 cm³/mol. The van der Waals surface area contributed by atoms with Crippen molar-refractivity contribution in [2.75, 3.05) is 32.7 Å². The Balaban J connectivity index is 0.00000280. The van der Waals surface area contributed by atoms with Gasteiger partial charge in [-0.2, -0.15) is 0 Å². The Hall–Kier alpha value is -1.38. The zero-order valence-electron chi connectivity index (χ0n) is 16.7. The second-order valence-corrected chi connectivity index (χ2v) is 7.60. The highest BCUT2D eigenvalue weighted by atomic mass is 127. The number of aliphatic imine (C=N–C) groups is 1. The van der Waals surface area contributed by atoms with Crippen LogP contribution in [0.25, 0.3) is 0 Å². The van der Waals surface area contributed by atoms with E-state index in [2.05, 4.69) is 17.6 Å². The highest BCUT2D eigenvalue weighted by molar-refractivity contribution is 14.0. The molecule has 156 valence electrons. The van der Waals surface area contributed by atoms with Gasteiger partial charge >= 0.3 is 0 Å². The van der Waals surface area contributed by atoms with Gasteiger partial charge in [0.15, 0.2) is 5.96 Å². The van der Waals surface area contributed by atoms with E-state index in [-0.39, 0.29) is 41.1 Å². The average molecular weight is 502 g/mol. The van der Waals surface area contributed by atoms with E-state index in [0.717, 1.165) is 57.8 Å². The Morgan fingerprint density at radius 1 is 1.21 bits per heavy atom. The number of guanidine groups is 1. The molecule has 3 rings (SSSR count). The van der Waals surface area contributed by atoms with Gasteiger partial charge in [0.1, 0.15) is 5.82 Å². The van der Waals surface area contributed by atoms with Crippen LogP contribution in [0, 0.1) is 5.82 Å². The van der Waals surface area contributed by atoms with E-state index in [1.165, 1.54) is 12.0 Å². The molecule has 0 atom stereocenters. The average Bonchev–Trinajstić information content (AvgIpc) is 3.04. The zero-order chi connectivity index (χ0) is 19.1. The fourth-order valence-corrected chi connectivity index (χ4v) is 3.93. The maximum Gasteiger partial charge on any atom is 0.222 e. The van der Waals surface area contributed by atoms with Crippen LogP contribution in [-0.2, 0) is 10.2 Å². The third-order valence-corrected chi connectivity index (χ3v) is 5.72. The quantitative estimate of drug-likeness (QED) is 0.248. The van der Waals surface area contributed by atoms with E-state index in [1.807, 2.05) is 17.0 Å². The molecule has 0 bridgehead atoms. The molecule has 0 unspecified atom stereocenters. The predicted octanol–water partition coefficient (Wildman–Crippen LogP) is 3.43. The van der Waals surface area contributed by atoms with E-state index in [1.54, 1.807) is 12.1 Å². The number of benzene rings is 1. The van der Waals surface area contributed by atoms with Crippen molar-refractivity contribution in [1.82, 2.24) is 15.5 Å². The summed E-state index contributed by atoms with van der Waals surface area (Å²) in [7, 11) is 0. The van der Waals surface area contributed by atoms with E-state index in [0.29, 0.717) is 13.0 Å². The molecule has 2 N–H and O–H groups in total. The van der Waals surface area contributed by atoms with Crippen molar-refractivity contribution in [1.29, 1.82) is 0 Å². The summed E-state index contributed by atoms with van der Waals surface area (Å²) in [5.74, 6) is 0.906. The number of hydrogen-bond donors (Lipinski definition) is 2. The molecule has 1 aliphatic carbocycles. The lowest BCUT2D eigenvalue weighted by Gasteiger charge is -2.41. The summed E-state index contributed by atoms with van der Waals surface area (Å²) in [6, 6.07) is 6.89. The second kappa shape index (κ2) is 11.0. The molecule has 0 radical (unpaired) electrons. The number of halogens is 2. The number of amides is 1. The van der Waals surface area contributed by atoms with Crippen molar-refractivity contribution in [3.8, 4) is 0 Å². The molecule has 0 spiro atoms. The lowest BCUT2D eigenvalue weighted by molar-refractivity contribution is -0.127. The minimum absolute atomic E-state index is 0. The van der Waals surface area contributed by atoms with Crippen LogP contribution in [-0.4, -0.2) is 49.5 Å². The van der Waals surface area contributed by atoms with Crippen LogP contribution < -0.4 is 10.6 Å². The zero-order valence-corrected chi connectivity index (χ0v) is 19.0. The van der Waals surface area contributed by atoms with Crippen molar-refractivity contribution in [2.24, 2.45) is 4.99 Å². The van der Waals surface area contributed by atoms with Crippen LogP contribution in [0.3, 0.4) is 0 Å². The van der Waals surface area contributed by atoms with Gasteiger partial charge in [-0.15, -0.1) is 24.0 Å². The van der Waals surface area contributed by atoms with Gasteiger partial charge in [0, 0.05) is 38.0 Å². The summed E-state index contributed by atoms with van der Waals surface area (Å²) < 4.78 is 13.2. The second-order valence-electron chi connectivity index (χ2n) is 7.60. The Labute approximate surface area is 184 Å². The topological polar surface area (TPSA) is 56.7 Å². The van der Waals surface area contributed by atoms with Gasteiger partial charge in [0.2, 0.25) is 5.91 Å². The molecular weight excluding hydrogens is 470 g/mol. The molecule has 1 aromatic rings. The summed E-state index contributed by atoms with van der Waals surface area (Å²) in [6.45, 7) is 6.06. The number of carbonyl (C=O) groups excluding carboxylic acids is 1. The van der Waals surface area contributed by atoms with Crippen LogP contribution in [0.5, 0.6) is 0 Å². The number of carbonyl (C=O) groups is 1. The van der Waals surface area contributed by atoms with Crippen molar-refractivity contribution in [3.05, 3.63) is 35.6 Å². The Morgan fingerprint density at radius 2 is 1.96 bits per heavy atom. The van der Waals surface area contributed by atoms with Crippen LogP contribution in [0.4, 0.5) is 4.39 Å². The Kier molecular flexibility index (Phi) is 8.98. The number of rotatable bonds is 8. The number of nitrogens with zero attached hydrogens (tertiary/aromatic N) is 2. The van der Waals surface area contributed by atoms with Crippen LogP contribution in [0.1, 0.15) is 51.0 Å². The maximum absolute atomic E-state index is 13.2. The number of nitrogens with one attached hydrogen (secondary N) is 2. The number of likely N-dealkylation sites (tertiary alicyclic amines) is 1. The standard InChI is InChI=1S/C21H31FN4O.HI/c1-2-23-20(24-13-5-15-26-14-3-6-19(26)27)25-16-21(11-4-12-21)17-7-9-18(22)10-8-17;/h7-10H,2-6,11-16H2,1H3,(H2,23,24,25);1H. The van der Waals surface area contributed by atoms with Crippen molar-refractivity contribution >= 4 is 35.8 Å². The first-order valence-electron chi connectivity index (χ1n) is 10.2. The normalized spacial score (nSPS) is 18.4. The minimum Gasteiger partial charge on any atom is -0.357 e. The van der Waals surface area contributed by atoms with Gasteiger partial charge in [-0.25, -0.2) is 4.39 Å². The fourth-order valence-electron chi connectivity index (χ4n) is 3.93. The van der Waals surface area contributed by atoms with Crippen LogP contribution in [0.2, 0.25) is 0 Å². The summed E-state index contributed by atoms with van der Waals surface area (Å²) >= 11 is 0. The largest absolute Gasteiger partial charge is 0.357 e. The molecule has 5 nitrogen and oxygen atoms in total. The first-order chi connectivity index (χ1) is 13.1. The highest BCUT2D eigenvalue weighted by Gasteiger charge is 2.38. The third kappa shape index (κ3) is 5.81. The van der Waals surface area contributed by atoms with Gasteiger partial charge in [0.05, 0.1) is 6.54 Å². The van der Waals surface area contributed by atoms with E-state index in [9.17, 15) is 9.18 Å². The first-order valence-corrected chi connectivity index (χ1v) is 10.2. The summed E-state index contributed by atoms with van der Waals surface area (Å²) in [6.07, 6.45) is 5.99. The Morgan fingerprint density at radius 3 is 2.54 bits per heavy atom. The SMILES string of the molecule is CCNC(=NCC1(c2ccc(F)cc2)CCC1)NCCCN1CCCC1=O.I. The lowest BCUT2D eigenvalue weighted by atomic mass is 9.64. The van der Waals surface area contributed by atoms with Crippen molar-refractivity contribution in [2.45, 2.75) is 50.9 Å². The first kappa shape index (κ1) is 22.9. The molecule has 2 aliphatic rings. The lowest BCUT2D eigenvalue weighted by Crippen LogP contribution is -2.42. The van der Waals surface area contributed by atoms with E-state index >= 15 is 0 Å². The van der Waals surface area contributed by atoms with Crippen molar-refractivity contribution < 1.29 is 9.18 Å². The molecule has 0 aromatic heterocycles. The van der Waals surface area contributed by atoms with Crippen molar-refractivity contribution in [3.63, 3.8) is 0 Å². The van der Waals surface area contributed by atoms with E-state index in [4.69, 9.17) is 4.99 Å². The van der Waals surface area contributed by atoms with Crippen LogP contribution >= 0.6 is 24.0 Å². The smallest absolute Gasteiger partial charge is 0.222 e. The number of hydrogen-bond acceptors (Lipinski definition) is 2. The molecule has 28 heavy (non-hydrogen) atoms. The molecule has 7 heteroatoms. The summed E-state index contributed by atoms with van der Waals surface area (Å²) in [4.78, 5) is 18.4. The summed E-state index contributed by atoms with van der Waals surface area (Å²) in [5, 5.41) is 6.68. The van der Waals surface area contributed by atoms with E-state index < -0.39 is 0 Å². The molecule has 1 saturated carbocycles. The molecular formula is C21H32FIN4O. The molecule has 1 saturated heterocycles.